The van der Waals surface area contributed by atoms with Crippen LogP contribution >= 0.6 is 0 Å². The van der Waals surface area contributed by atoms with Crippen LogP contribution in [0.3, 0.4) is 0 Å². The lowest BCUT2D eigenvalue weighted by Gasteiger charge is -2.40. The third-order valence-electron chi connectivity index (χ3n) is 5.86. The van der Waals surface area contributed by atoms with Gasteiger partial charge in [0.15, 0.2) is 0 Å². The van der Waals surface area contributed by atoms with E-state index in [0.29, 0.717) is 30.1 Å². The van der Waals surface area contributed by atoms with Crippen LogP contribution in [0.2, 0.25) is 0 Å². The fourth-order valence-corrected chi connectivity index (χ4v) is 5.74. The zero-order chi connectivity index (χ0) is 21.7. The Morgan fingerprint density at radius 2 is 1.67 bits per heavy atom. The number of para-hydroxylation sites is 2. The van der Waals surface area contributed by atoms with Crippen LogP contribution in [0.1, 0.15) is 33.1 Å². The van der Waals surface area contributed by atoms with E-state index in [2.05, 4.69) is 18.7 Å². The number of hydrogen-bond donors (Lipinski definition) is 1. The van der Waals surface area contributed by atoms with Crippen LogP contribution in [0.25, 0.3) is 0 Å². The van der Waals surface area contributed by atoms with Crippen LogP contribution in [-0.4, -0.2) is 56.8 Å². The molecule has 1 fully saturated rings. The number of aliphatic hydroxyl groups is 1. The quantitative estimate of drug-likeness (QED) is 0.691. The minimum atomic E-state index is -3.87. The molecule has 7 heteroatoms. The smallest absolute Gasteiger partial charge is 0.264 e. The lowest BCUT2D eigenvalue weighted by molar-refractivity contribution is 0.0455. The van der Waals surface area contributed by atoms with Crippen molar-refractivity contribution in [2.45, 2.75) is 56.2 Å². The molecule has 30 heavy (non-hydrogen) atoms. The van der Waals surface area contributed by atoms with Gasteiger partial charge in [-0.25, -0.2) is 8.42 Å². The van der Waals surface area contributed by atoms with E-state index in [9.17, 15) is 13.5 Å². The van der Waals surface area contributed by atoms with Crippen molar-refractivity contribution < 1.29 is 18.3 Å². The first-order valence-corrected chi connectivity index (χ1v) is 11.9. The molecule has 1 N–H and O–H groups in total. The van der Waals surface area contributed by atoms with E-state index in [-0.39, 0.29) is 11.4 Å². The average molecular weight is 433 g/mol. The molecule has 2 aromatic rings. The van der Waals surface area contributed by atoms with Crippen LogP contribution in [0, 0.1) is 0 Å². The highest BCUT2D eigenvalue weighted by Crippen LogP contribution is 2.32. The molecular weight excluding hydrogens is 400 g/mol. The van der Waals surface area contributed by atoms with Gasteiger partial charge < -0.3 is 9.84 Å². The van der Waals surface area contributed by atoms with Gasteiger partial charge in [0.2, 0.25) is 0 Å². The third-order valence-corrected chi connectivity index (χ3v) is 7.65. The SMILES string of the molecule is COc1ccccc1N(C[C@H](O)CN1[C@H](C)CCC[C@@H]1C)S(=O)(=O)c1ccccc1. The molecule has 6 nitrogen and oxygen atoms in total. The normalized spacial score (nSPS) is 21.2. The molecule has 1 saturated heterocycles. The number of likely N-dealkylation sites (tertiary alicyclic amines) is 1. The number of anilines is 1. The number of rotatable bonds is 8. The summed E-state index contributed by atoms with van der Waals surface area (Å²) >= 11 is 0. The van der Waals surface area contributed by atoms with Gasteiger partial charge in [-0.2, -0.15) is 0 Å². The van der Waals surface area contributed by atoms with Crippen molar-refractivity contribution in [1.82, 2.24) is 4.90 Å². The molecule has 2 aromatic carbocycles. The van der Waals surface area contributed by atoms with Crippen molar-refractivity contribution in [3.05, 3.63) is 54.6 Å². The minimum Gasteiger partial charge on any atom is -0.495 e. The van der Waals surface area contributed by atoms with Crippen molar-refractivity contribution in [3.8, 4) is 5.75 Å². The van der Waals surface area contributed by atoms with E-state index in [1.807, 2.05) is 0 Å². The standard InChI is InChI=1S/C23H32N2O4S/c1-18-10-9-11-19(2)24(18)16-20(26)17-25(22-14-7-8-15-23(22)29-3)30(27,28)21-12-5-4-6-13-21/h4-8,12-15,18-20,26H,9-11,16-17H2,1-3H3/t18-,19+,20-/m1/s1. The van der Waals surface area contributed by atoms with Crippen LogP contribution in [-0.2, 0) is 10.0 Å². The van der Waals surface area contributed by atoms with E-state index >= 15 is 0 Å². The van der Waals surface area contributed by atoms with Gasteiger partial charge in [-0.05, 0) is 51.0 Å². The Balaban J connectivity index is 1.92. The Morgan fingerprint density at radius 3 is 2.30 bits per heavy atom. The topological polar surface area (TPSA) is 70.1 Å². The first-order chi connectivity index (χ1) is 14.3. The largest absolute Gasteiger partial charge is 0.495 e. The summed E-state index contributed by atoms with van der Waals surface area (Å²) in [6.45, 7) is 4.72. The van der Waals surface area contributed by atoms with E-state index in [1.165, 1.54) is 17.8 Å². The first-order valence-electron chi connectivity index (χ1n) is 10.5. The lowest BCUT2D eigenvalue weighted by atomic mass is 9.97. The van der Waals surface area contributed by atoms with Crippen molar-refractivity contribution >= 4 is 15.7 Å². The Labute approximate surface area is 180 Å². The summed E-state index contributed by atoms with van der Waals surface area (Å²) < 4.78 is 33.7. The van der Waals surface area contributed by atoms with Crippen LogP contribution in [0.4, 0.5) is 5.69 Å². The number of sulfonamides is 1. The van der Waals surface area contributed by atoms with Crippen molar-refractivity contribution in [1.29, 1.82) is 0 Å². The maximum absolute atomic E-state index is 13.5. The Morgan fingerprint density at radius 1 is 1.07 bits per heavy atom. The number of methoxy groups -OCH3 is 1. The van der Waals surface area contributed by atoms with E-state index in [0.717, 1.165) is 12.8 Å². The second kappa shape index (κ2) is 9.81. The maximum atomic E-state index is 13.5. The molecular formula is C23H32N2O4S. The average Bonchev–Trinajstić information content (AvgIpc) is 2.75. The van der Waals surface area contributed by atoms with Gasteiger partial charge in [-0.3, -0.25) is 9.21 Å². The third kappa shape index (κ3) is 4.96. The molecule has 0 radical (unpaired) electrons. The number of β-amino-alcohol motifs (C(OH)–C–C–N with tert-alkyl or cyclic N) is 1. The molecule has 0 aromatic heterocycles. The van der Waals surface area contributed by atoms with Gasteiger partial charge >= 0.3 is 0 Å². The number of piperidine rings is 1. The fourth-order valence-electron chi connectivity index (χ4n) is 4.21. The molecule has 0 unspecified atom stereocenters. The van der Waals surface area contributed by atoms with Crippen molar-refractivity contribution in [2.75, 3.05) is 24.5 Å². The molecule has 1 heterocycles. The molecule has 0 aliphatic carbocycles. The molecule has 164 valence electrons. The number of ether oxygens (including phenoxy) is 1. The van der Waals surface area contributed by atoms with Crippen LogP contribution in [0.15, 0.2) is 59.5 Å². The van der Waals surface area contributed by atoms with Crippen molar-refractivity contribution in [2.24, 2.45) is 0 Å². The molecule has 3 atom stereocenters. The predicted octanol–water partition coefficient (Wildman–Crippen LogP) is 3.51. The summed E-state index contributed by atoms with van der Waals surface area (Å²) in [5.41, 5.74) is 0.419. The minimum absolute atomic E-state index is 0.0481. The summed E-state index contributed by atoms with van der Waals surface area (Å²) in [5.74, 6) is 0.448. The Hall–Kier alpha value is -2.09. The highest BCUT2D eigenvalue weighted by atomic mass is 32.2. The number of nitrogens with zero attached hydrogens (tertiary/aromatic N) is 2. The van der Waals surface area contributed by atoms with Gasteiger partial charge in [0, 0.05) is 18.6 Å². The first kappa shape index (κ1) is 22.6. The molecule has 3 rings (SSSR count). The molecule has 0 bridgehead atoms. The van der Waals surface area contributed by atoms with Crippen LogP contribution in [0.5, 0.6) is 5.75 Å². The van der Waals surface area contributed by atoms with Crippen molar-refractivity contribution in [3.63, 3.8) is 0 Å². The summed E-state index contributed by atoms with van der Waals surface area (Å²) in [6.07, 6.45) is 2.53. The monoisotopic (exact) mass is 432 g/mol. The molecule has 0 saturated carbocycles. The predicted molar refractivity (Wildman–Crippen MR) is 119 cm³/mol. The number of hydrogen-bond acceptors (Lipinski definition) is 5. The number of aliphatic hydroxyl groups excluding tert-OH is 1. The van der Waals surface area contributed by atoms with Gasteiger partial charge in [-0.1, -0.05) is 36.8 Å². The van der Waals surface area contributed by atoms with Gasteiger partial charge in [0.05, 0.1) is 30.3 Å². The van der Waals surface area contributed by atoms with Crippen LogP contribution < -0.4 is 9.04 Å². The summed E-state index contributed by atoms with van der Waals surface area (Å²) in [7, 11) is -2.36. The highest BCUT2D eigenvalue weighted by Gasteiger charge is 2.32. The van der Waals surface area contributed by atoms with Gasteiger partial charge in [0.25, 0.3) is 10.0 Å². The molecule has 0 amide bonds. The van der Waals surface area contributed by atoms with E-state index < -0.39 is 16.1 Å². The maximum Gasteiger partial charge on any atom is 0.264 e. The Kier molecular flexibility index (Phi) is 7.39. The molecule has 1 aliphatic rings. The summed E-state index contributed by atoms with van der Waals surface area (Å²) in [4.78, 5) is 2.46. The lowest BCUT2D eigenvalue weighted by Crippen LogP contribution is -2.50. The number of benzene rings is 2. The van der Waals surface area contributed by atoms with Gasteiger partial charge in [0.1, 0.15) is 5.75 Å². The molecule has 0 spiro atoms. The van der Waals surface area contributed by atoms with Gasteiger partial charge in [-0.15, -0.1) is 0 Å². The second-order valence-electron chi connectivity index (χ2n) is 8.00. The second-order valence-corrected chi connectivity index (χ2v) is 9.86. The van der Waals surface area contributed by atoms with E-state index in [4.69, 9.17) is 4.74 Å². The zero-order valence-corrected chi connectivity index (χ0v) is 18.8. The summed E-state index contributed by atoms with van der Waals surface area (Å²) in [6, 6.07) is 16.0. The zero-order valence-electron chi connectivity index (χ0n) is 17.9. The van der Waals surface area contributed by atoms with E-state index in [1.54, 1.807) is 54.6 Å². The fraction of sp³-hybridized carbons (Fsp3) is 0.478. The highest BCUT2D eigenvalue weighted by molar-refractivity contribution is 7.92. The molecule has 1 aliphatic heterocycles. The summed E-state index contributed by atoms with van der Waals surface area (Å²) in [5, 5.41) is 11.0. The Bertz CT molecular complexity index is 910.